The Morgan fingerprint density at radius 2 is 2.33 bits per heavy atom. The predicted molar refractivity (Wildman–Crippen MR) is 37.1 cm³/mol. The van der Waals surface area contributed by atoms with Crippen molar-refractivity contribution in [3.05, 3.63) is 0 Å². The van der Waals surface area contributed by atoms with Gasteiger partial charge in [0.05, 0.1) is 5.60 Å². The van der Waals surface area contributed by atoms with Gasteiger partial charge in [0, 0.05) is 6.04 Å². The fourth-order valence-electron chi connectivity index (χ4n) is 1.51. The van der Waals surface area contributed by atoms with Crippen LogP contribution in [0.15, 0.2) is 0 Å². The van der Waals surface area contributed by atoms with Gasteiger partial charge in [-0.2, -0.15) is 0 Å². The molecule has 1 aliphatic rings. The minimum atomic E-state index is -0.475. The first kappa shape index (κ1) is 7.03. The fourth-order valence-corrected chi connectivity index (χ4v) is 1.51. The van der Waals surface area contributed by atoms with Crippen molar-refractivity contribution in [3.63, 3.8) is 0 Å². The average Bonchev–Trinajstić information content (AvgIpc) is 1.60. The third-order valence-electron chi connectivity index (χ3n) is 1.99. The number of aliphatic hydroxyl groups is 1. The molecule has 0 aromatic heterocycles. The van der Waals surface area contributed by atoms with E-state index in [2.05, 4.69) is 0 Å². The van der Waals surface area contributed by atoms with Crippen LogP contribution in [0.5, 0.6) is 0 Å². The molecule has 1 fully saturated rings. The lowest BCUT2D eigenvalue weighted by molar-refractivity contribution is 0.0156. The summed E-state index contributed by atoms with van der Waals surface area (Å²) in [5.41, 5.74) is 5.18. The van der Waals surface area contributed by atoms with Crippen molar-refractivity contribution in [2.24, 2.45) is 5.73 Å². The summed E-state index contributed by atoms with van der Waals surface area (Å²) in [5, 5.41) is 9.46. The largest absolute Gasteiger partial charge is 0.390 e. The van der Waals surface area contributed by atoms with Crippen LogP contribution in [0, 0.1) is 0 Å². The molecule has 0 heterocycles. The monoisotopic (exact) mass is 129 g/mol. The highest BCUT2D eigenvalue weighted by Gasteiger charge is 2.27. The van der Waals surface area contributed by atoms with Crippen LogP contribution < -0.4 is 5.73 Å². The lowest BCUT2D eigenvalue weighted by Crippen LogP contribution is -2.38. The van der Waals surface area contributed by atoms with Gasteiger partial charge in [-0.05, 0) is 32.6 Å². The Hall–Kier alpha value is -0.0800. The van der Waals surface area contributed by atoms with Gasteiger partial charge in [-0.1, -0.05) is 0 Å². The van der Waals surface area contributed by atoms with Gasteiger partial charge in [-0.15, -0.1) is 0 Å². The summed E-state index contributed by atoms with van der Waals surface area (Å²) < 4.78 is 0. The summed E-state index contributed by atoms with van der Waals surface area (Å²) in [4.78, 5) is 0. The van der Waals surface area contributed by atoms with Gasteiger partial charge in [0.2, 0.25) is 0 Å². The topological polar surface area (TPSA) is 46.2 Å². The lowest BCUT2D eigenvalue weighted by atomic mass is 9.84. The standard InChI is InChI=1S/C7H15NO/c1-7(9)4-2-3-6(8)5-7/h6,9H,2-5,8H2,1H3/t6?,7-/m1/s1. The fraction of sp³-hybridized carbons (Fsp3) is 1.00. The molecule has 54 valence electrons. The molecule has 0 spiro atoms. The van der Waals surface area contributed by atoms with Gasteiger partial charge in [0.1, 0.15) is 0 Å². The number of rotatable bonds is 0. The van der Waals surface area contributed by atoms with E-state index in [1.54, 1.807) is 0 Å². The smallest absolute Gasteiger partial charge is 0.0634 e. The van der Waals surface area contributed by atoms with E-state index in [0.29, 0.717) is 0 Å². The Balaban J connectivity index is 2.41. The van der Waals surface area contributed by atoms with E-state index in [4.69, 9.17) is 5.73 Å². The molecule has 2 nitrogen and oxygen atoms in total. The van der Waals surface area contributed by atoms with Crippen molar-refractivity contribution < 1.29 is 5.11 Å². The van der Waals surface area contributed by atoms with Gasteiger partial charge in [0.25, 0.3) is 0 Å². The number of hydrogen-bond donors (Lipinski definition) is 2. The summed E-state index contributed by atoms with van der Waals surface area (Å²) in [6.07, 6.45) is 3.85. The van der Waals surface area contributed by atoms with Gasteiger partial charge >= 0.3 is 0 Å². The first-order valence-electron chi connectivity index (χ1n) is 3.58. The molecule has 0 bridgehead atoms. The molecule has 1 rings (SSSR count). The summed E-state index contributed by atoms with van der Waals surface area (Å²) in [7, 11) is 0. The second-order valence-electron chi connectivity index (χ2n) is 3.35. The molecular weight excluding hydrogens is 114 g/mol. The molecule has 0 aromatic rings. The van der Waals surface area contributed by atoms with Crippen LogP contribution in [-0.4, -0.2) is 16.7 Å². The molecule has 0 aliphatic heterocycles. The Kier molecular flexibility index (Phi) is 1.78. The maximum Gasteiger partial charge on any atom is 0.0634 e. The van der Waals surface area contributed by atoms with Crippen LogP contribution in [0.25, 0.3) is 0 Å². The molecule has 0 saturated heterocycles. The molecule has 0 amide bonds. The van der Waals surface area contributed by atoms with Crippen molar-refractivity contribution >= 4 is 0 Å². The maximum atomic E-state index is 9.46. The highest BCUT2D eigenvalue weighted by Crippen LogP contribution is 2.26. The second-order valence-corrected chi connectivity index (χ2v) is 3.35. The summed E-state index contributed by atoms with van der Waals surface area (Å²) in [5.74, 6) is 0. The quantitative estimate of drug-likeness (QED) is 0.504. The third-order valence-corrected chi connectivity index (χ3v) is 1.99. The van der Waals surface area contributed by atoms with Gasteiger partial charge in [-0.3, -0.25) is 0 Å². The molecule has 9 heavy (non-hydrogen) atoms. The van der Waals surface area contributed by atoms with Crippen molar-refractivity contribution in [2.75, 3.05) is 0 Å². The minimum Gasteiger partial charge on any atom is -0.390 e. The Bertz CT molecular complexity index is 101. The van der Waals surface area contributed by atoms with Crippen LogP contribution in [0.2, 0.25) is 0 Å². The first-order valence-corrected chi connectivity index (χ1v) is 3.58. The Morgan fingerprint density at radius 1 is 1.67 bits per heavy atom. The number of nitrogens with two attached hydrogens (primary N) is 1. The SMILES string of the molecule is C[C@@]1(O)CCCC(N)C1. The van der Waals surface area contributed by atoms with E-state index in [9.17, 15) is 5.11 Å². The predicted octanol–water partition coefficient (Wildman–Crippen LogP) is 0.639. The van der Waals surface area contributed by atoms with Crippen LogP contribution in [0.4, 0.5) is 0 Å². The van der Waals surface area contributed by atoms with Crippen LogP contribution in [-0.2, 0) is 0 Å². The van der Waals surface area contributed by atoms with Crippen LogP contribution >= 0.6 is 0 Å². The van der Waals surface area contributed by atoms with Gasteiger partial charge in [-0.25, -0.2) is 0 Å². The molecule has 3 N–H and O–H groups in total. The number of hydrogen-bond acceptors (Lipinski definition) is 2. The zero-order chi connectivity index (χ0) is 6.91. The molecule has 0 radical (unpaired) electrons. The van der Waals surface area contributed by atoms with Crippen molar-refractivity contribution in [1.29, 1.82) is 0 Å². The van der Waals surface area contributed by atoms with Gasteiger partial charge < -0.3 is 10.8 Å². The van der Waals surface area contributed by atoms with Crippen molar-refractivity contribution in [3.8, 4) is 0 Å². The van der Waals surface area contributed by atoms with E-state index < -0.39 is 5.60 Å². The Labute approximate surface area is 56.1 Å². The average molecular weight is 129 g/mol. The van der Waals surface area contributed by atoms with Gasteiger partial charge in [0.15, 0.2) is 0 Å². The summed E-state index contributed by atoms with van der Waals surface area (Å²) in [6.45, 7) is 1.87. The van der Waals surface area contributed by atoms with Crippen molar-refractivity contribution in [1.82, 2.24) is 0 Å². The maximum absolute atomic E-state index is 9.46. The molecule has 1 unspecified atom stereocenters. The lowest BCUT2D eigenvalue weighted by Gasteiger charge is -2.31. The van der Waals surface area contributed by atoms with Crippen molar-refractivity contribution in [2.45, 2.75) is 44.2 Å². The highest BCUT2D eigenvalue weighted by molar-refractivity contribution is 4.83. The molecular formula is C7H15NO. The minimum absolute atomic E-state index is 0.230. The zero-order valence-corrected chi connectivity index (χ0v) is 5.93. The molecule has 2 atom stereocenters. The zero-order valence-electron chi connectivity index (χ0n) is 5.93. The second kappa shape index (κ2) is 2.27. The third kappa shape index (κ3) is 1.95. The summed E-state index contributed by atoms with van der Waals surface area (Å²) >= 11 is 0. The molecule has 1 saturated carbocycles. The first-order chi connectivity index (χ1) is 4.10. The molecule has 2 heteroatoms. The van der Waals surface area contributed by atoms with E-state index >= 15 is 0 Å². The Morgan fingerprint density at radius 3 is 2.67 bits per heavy atom. The van der Waals surface area contributed by atoms with Crippen LogP contribution in [0.1, 0.15) is 32.6 Å². The normalized spacial score (nSPS) is 45.0. The van der Waals surface area contributed by atoms with E-state index in [-0.39, 0.29) is 6.04 Å². The van der Waals surface area contributed by atoms with E-state index in [0.717, 1.165) is 25.7 Å². The van der Waals surface area contributed by atoms with Crippen LogP contribution in [0.3, 0.4) is 0 Å². The van der Waals surface area contributed by atoms with E-state index in [1.165, 1.54) is 0 Å². The highest BCUT2D eigenvalue weighted by atomic mass is 16.3. The summed E-state index contributed by atoms with van der Waals surface area (Å²) in [6, 6.07) is 0.230. The molecule has 0 aromatic carbocycles. The molecule has 1 aliphatic carbocycles. The van der Waals surface area contributed by atoms with E-state index in [1.807, 2.05) is 6.92 Å².